The van der Waals surface area contributed by atoms with Crippen molar-refractivity contribution in [1.29, 1.82) is 0 Å². The van der Waals surface area contributed by atoms with E-state index in [1.54, 1.807) is 36.0 Å². The predicted octanol–water partition coefficient (Wildman–Crippen LogP) is 1.00. The minimum Gasteiger partial charge on any atom is -0.387 e. The van der Waals surface area contributed by atoms with Gasteiger partial charge in [-0.25, -0.2) is 9.78 Å². The lowest BCUT2D eigenvalue weighted by molar-refractivity contribution is 0.173. The van der Waals surface area contributed by atoms with Gasteiger partial charge in [0.1, 0.15) is 12.2 Å². The van der Waals surface area contributed by atoms with Crippen molar-refractivity contribution in [2.75, 3.05) is 6.54 Å². The molecular formula is C13H16ClN5O2. The summed E-state index contributed by atoms with van der Waals surface area (Å²) in [4.78, 5) is 15.6. The second-order valence-corrected chi connectivity index (χ2v) is 4.81. The molecule has 0 saturated heterocycles. The highest BCUT2D eigenvalue weighted by molar-refractivity contribution is 6.31. The molecule has 1 atom stereocenters. The van der Waals surface area contributed by atoms with Crippen LogP contribution >= 0.6 is 11.6 Å². The highest BCUT2D eigenvalue weighted by Gasteiger charge is 2.12. The first-order chi connectivity index (χ1) is 10.1. The summed E-state index contributed by atoms with van der Waals surface area (Å²) in [6.07, 6.45) is 0.551. The number of aromatic nitrogens is 3. The van der Waals surface area contributed by atoms with Crippen molar-refractivity contribution < 1.29 is 9.90 Å². The van der Waals surface area contributed by atoms with Gasteiger partial charge in [-0.05, 0) is 6.07 Å². The second kappa shape index (κ2) is 7.05. The molecule has 2 amide bonds. The van der Waals surface area contributed by atoms with Crippen molar-refractivity contribution in [2.24, 2.45) is 7.05 Å². The summed E-state index contributed by atoms with van der Waals surface area (Å²) in [5.74, 6) is 0.636. The summed E-state index contributed by atoms with van der Waals surface area (Å²) >= 11 is 5.97. The summed E-state index contributed by atoms with van der Waals surface area (Å²) in [6, 6.07) is 6.56. The molecule has 21 heavy (non-hydrogen) atoms. The van der Waals surface area contributed by atoms with E-state index in [0.717, 1.165) is 0 Å². The average molecular weight is 310 g/mol. The van der Waals surface area contributed by atoms with Crippen LogP contribution < -0.4 is 10.6 Å². The van der Waals surface area contributed by atoms with E-state index in [0.29, 0.717) is 16.4 Å². The van der Waals surface area contributed by atoms with E-state index in [1.807, 2.05) is 0 Å². The quantitative estimate of drug-likeness (QED) is 0.768. The van der Waals surface area contributed by atoms with Gasteiger partial charge in [0.15, 0.2) is 0 Å². The Bertz CT molecular complexity index is 616. The number of aliphatic hydroxyl groups is 1. The molecule has 2 aromatic rings. The van der Waals surface area contributed by atoms with Gasteiger partial charge in [0.25, 0.3) is 0 Å². The van der Waals surface area contributed by atoms with Gasteiger partial charge in [0.2, 0.25) is 0 Å². The number of aryl methyl sites for hydroxylation is 1. The molecular weight excluding hydrogens is 294 g/mol. The van der Waals surface area contributed by atoms with Crippen LogP contribution in [0.3, 0.4) is 0 Å². The third kappa shape index (κ3) is 4.17. The Morgan fingerprint density at radius 1 is 1.43 bits per heavy atom. The van der Waals surface area contributed by atoms with Gasteiger partial charge in [0, 0.05) is 24.2 Å². The number of nitrogens with one attached hydrogen (secondary N) is 2. The molecule has 1 aromatic carbocycles. The molecule has 0 aliphatic heterocycles. The molecule has 1 unspecified atom stereocenters. The fourth-order valence-electron chi connectivity index (χ4n) is 1.75. The number of carbonyl (C=O) groups is 1. The summed E-state index contributed by atoms with van der Waals surface area (Å²) in [5.41, 5.74) is 0.577. The minimum atomic E-state index is -0.862. The zero-order chi connectivity index (χ0) is 15.2. The van der Waals surface area contributed by atoms with Crippen molar-refractivity contribution >= 4 is 17.6 Å². The summed E-state index contributed by atoms with van der Waals surface area (Å²) in [7, 11) is 1.74. The molecule has 0 bridgehead atoms. The van der Waals surface area contributed by atoms with Crippen molar-refractivity contribution in [3.63, 3.8) is 0 Å². The second-order valence-electron chi connectivity index (χ2n) is 4.40. The molecule has 0 spiro atoms. The fourth-order valence-corrected chi connectivity index (χ4v) is 2.01. The Labute approximate surface area is 126 Å². The van der Waals surface area contributed by atoms with Crippen molar-refractivity contribution in [3.05, 3.63) is 47.0 Å². The minimum absolute atomic E-state index is 0.0639. The maximum Gasteiger partial charge on any atom is 0.315 e. The Kier molecular flexibility index (Phi) is 5.13. The van der Waals surface area contributed by atoms with E-state index in [4.69, 9.17) is 11.6 Å². The van der Waals surface area contributed by atoms with Crippen molar-refractivity contribution in [1.82, 2.24) is 25.4 Å². The van der Waals surface area contributed by atoms with Crippen LogP contribution in [0.2, 0.25) is 5.02 Å². The van der Waals surface area contributed by atoms with Crippen LogP contribution in [0.4, 0.5) is 4.79 Å². The fraction of sp³-hybridized carbons (Fsp3) is 0.308. The number of carbonyl (C=O) groups excluding carboxylic acids is 1. The van der Waals surface area contributed by atoms with Gasteiger partial charge >= 0.3 is 6.03 Å². The van der Waals surface area contributed by atoms with Crippen LogP contribution in [-0.2, 0) is 13.6 Å². The Morgan fingerprint density at radius 3 is 2.86 bits per heavy atom. The SMILES string of the molecule is Cn1ncnc1CNC(=O)NCC(O)c1ccccc1Cl. The monoisotopic (exact) mass is 309 g/mol. The number of benzene rings is 1. The topological polar surface area (TPSA) is 92.1 Å². The molecule has 1 aromatic heterocycles. The van der Waals surface area contributed by atoms with Crippen LogP contribution in [0.1, 0.15) is 17.5 Å². The molecule has 1 heterocycles. The first-order valence-electron chi connectivity index (χ1n) is 6.35. The zero-order valence-corrected chi connectivity index (χ0v) is 12.2. The van der Waals surface area contributed by atoms with E-state index >= 15 is 0 Å². The molecule has 0 saturated carbocycles. The largest absolute Gasteiger partial charge is 0.387 e. The van der Waals surface area contributed by atoms with Crippen LogP contribution in [-0.4, -0.2) is 32.4 Å². The summed E-state index contributed by atoms with van der Waals surface area (Å²) in [5, 5.41) is 19.6. The highest BCUT2D eigenvalue weighted by Crippen LogP contribution is 2.21. The number of hydrogen-bond donors (Lipinski definition) is 3. The molecule has 3 N–H and O–H groups in total. The number of halogens is 1. The van der Waals surface area contributed by atoms with Crippen molar-refractivity contribution in [3.8, 4) is 0 Å². The normalized spacial score (nSPS) is 12.0. The highest BCUT2D eigenvalue weighted by atomic mass is 35.5. The molecule has 7 nitrogen and oxygen atoms in total. The lowest BCUT2D eigenvalue weighted by Crippen LogP contribution is -2.37. The van der Waals surface area contributed by atoms with Gasteiger partial charge in [-0.15, -0.1) is 0 Å². The van der Waals surface area contributed by atoms with Crippen LogP contribution in [0.15, 0.2) is 30.6 Å². The van der Waals surface area contributed by atoms with E-state index < -0.39 is 12.1 Å². The third-order valence-corrected chi connectivity index (χ3v) is 3.28. The van der Waals surface area contributed by atoms with Gasteiger partial charge < -0.3 is 15.7 Å². The van der Waals surface area contributed by atoms with Crippen LogP contribution in [0.5, 0.6) is 0 Å². The standard InChI is InChI=1S/C13H16ClN5O2/c1-19-12(17-8-18-19)7-16-13(21)15-6-11(20)9-4-2-3-5-10(9)14/h2-5,8,11,20H,6-7H2,1H3,(H2,15,16,21). The first kappa shape index (κ1) is 15.3. The molecule has 112 valence electrons. The molecule has 0 aliphatic carbocycles. The number of hydrogen-bond acceptors (Lipinski definition) is 4. The Hall–Kier alpha value is -2.12. The van der Waals surface area contributed by atoms with E-state index in [-0.39, 0.29) is 13.1 Å². The van der Waals surface area contributed by atoms with E-state index in [9.17, 15) is 9.90 Å². The first-order valence-corrected chi connectivity index (χ1v) is 6.73. The molecule has 0 radical (unpaired) electrons. The maximum absolute atomic E-state index is 11.6. The summed E-state index contributed by atoms with van der Waals surface area (Å²) in [6.45, 7) is 0.318. The summed E-state index contributed by atoms with van der Waals surface area (Å²) < 4.78 is 1.57. The number of aliphatic hydroxyl groups excluding tert-OH is 1. The maximum atomic E-state index is 11.6. The average Bonchev–Trinajstić information content (AvgIpc) is 2.88. The number of nitrogens with zero attached hydrogens (tertiary/aromatic N) is 3. The number of amides is 2. The molecule has 0 aliphatic rings. The smallest absolute Gasteiger partial charge is 0.315 e. The third-order valence-electron chi connectivity index (χ3n) is 2.93. The number of rotatable bonds is 5. The number of urea groups is 1. The lowest BCUT2D eigenvalue weighted by Gasteiger charge is -2.14. The molecule has 8 heteroatoms. The van der Waals surface area contributed by atoms with Gasteiger partial charge in [0.05, 0.1) is 12.6 Å². The Morgan fingerprint density at radius 2 is 2.19 bits per heavy atom. The Balaban J connectivity index is 1.79. The van der Waals surface area contributed by atoms with Gasteiger partial charge in [-0.3, -0.25) is 4.68 Å². The van der Waals surface area contributed by atoms with E-state index in [2.05, 4.69) is 20.7 Å². The van der Waals surface area contributed by atoms with Gasteiger partial charge in [-0.1, -0.05) is 29.8 Å². The van der Waals surface area contributed by atoms with Crippen molar-refractivity contribution in [2.45, 2.75) is 12.6 Å². The van der Waals surface area contributed by atoms with Crippen LogP contribution in [0, 0.1) is 0 Å². The van der Waals surface area contributed by atoms with Crippen LogP contribution in [0.25, 0.3) is 0 Å². The zero-order valence-electron chi connectivity index (χ0n) is 11.5. The predicted molar refractivity (Wildman–Crippen MR) is 77.7 cm³/mol. The molecule has 2 rings (SSSR count). The van der Waals surface area contributed by atoms with Gasteiger partial charge in [-0.2, -0.15) is 5.10 Å². The molecule has 0 fully saturated rings. The lowest BCUT2D eigenvalue weighted by atomic mass is 10.1. The van der Waals surface area contributed by atoms with E-state index in [1.165, 1.54) is 6.33 Å².